The van der Waals surface area contributed by atoms with E-state index in [1.165, 1.54) is 5.56 Å². The van der Waals surface area contributed by atoms with Gasteiger partial charge in [-0.15, -0.1) is 0 Å². The molecule has 5 nitrogen and oxygen atoms in total. The largest absolute Gasteiger partial charge is 0.444 e. The van der Waals surface area contributed by atoms with Gasteiger partial charge in [0, 0.05) is 6.54 Å². The van der Waals surface area contributed by atoms with Crippen molar-refractivity contribution >= 4 is 6.09 Å². The number of carbonyl (C=O) groups is 1. The molecule has 0 bridgehead atoms. The second-order valence-corrected chi connectivity index (χ2v) is 7.09. The average Bonchev–Trinajstić information content (AvgIpc) is 2.50. The van der Waals surface area contributed by atoms with Gasteiger partial charge in [0.15, 0.2) is 0 Å². The predicted molar refractivity (Wildman–Crippen MR) is 97.0 cm³/mol. The van der Waals surface area contributed by atoms with Crippen LogP contribution in [0.3, 0.4) is 0 Å². The number of amides is 1. The maximum atomic E-state index is 11.5. The first-order valence-electron chi connectivity index (χ1n) is 8.66. The van der Waals surface area contributed by atoms with Crippen molar-refractivity contribution in [1.82, 2.24) is 10.6 Å². The summed E-state index contributed by atoms with van der Waals surface area (Å²) in [5, 5.41) is 6.14. The van der Waals surface area contributed by atoms with Crippen molar-refractivity contribution in [3.8, 4) is 0 Å². The monoisotopic (exact) mass is 336 g/mol. The standard InChI is InChI=1S/C19H32N2O3/c1-16(14-23-15-17-9-6-5-7-10-17)13-20-11-8-12-21-18(22)24-19(2,3)4/h5-7,9-10,16,20H,8,11-15H2,1-4H3,(H,21,22). The van der Waals surface area contributed by atoms with Gasteiger partial charge < -0.3 is 20.1 Å². The zero-order valence-electron chi connectivity index (χ0n) is 15.4. The number of ether oxygens (including phenoxy) is 2. The molecular weight excluding hydrogens is 304 g/mol. The maximum Gasteiger partial charge on any atom is 0.407 e. The van der Waals surface area contributed by atoms with Gasteiger partial charge in [-0.3, -0.25) is 0 Å². The Balaban J connectivity index is 1.96. The third kappa shape index (κ3) is 11.0. The topological polar surface area (TPSA) is 59.6 Å². The van der Waals surface area contributed by atoms with Gasteiger partial charge in [0.05, 0.1) is 13.2 Å². The summed E-state index contributed by atoms with van der Waals surface area (Å²) in [4.78, 5) is 11.5. The molecule has 5 heteroatoms. The van der Waals surface area contributed by atoms with E-state index in [0.717, 1.165) is 26.1 Å². The van der Waals surface area contributed by atoms with Crippen molar-refractivity contribution in [2.45, 2.75) is 46.3 Å². The van der Waals surface area contributed by atoms with Crippen LogP contribution >= 0.6 is 0 Å². The average molecular weight is 336 g/mol. The number of rotatable bonds is 10. The van der Waals surface area contributed by atoms with Gasteiger partial charge in [-0.1, -0.05) is 37.3 Å². The van der Waals surface area contributed by atoms with Crippen LogP contribution in [0.25, 0.3) is 0 Å². The Labute approximate surface area is 146 Å². The van der Waals surface area contributed by atoms with E-state index in [2.05, 4.69) is 29.7 Å². The van der Waals surface area contributed by atoms with Crippen molar-refractivity contribution in [3.05, 3.63) is 35.9 Å². The number of alkyl carbamates (subject to hydrolysis) is 1. The summed E-state index contributed by atoms with van der Waals surface area (Å²) in [6, 6.07) is 10.2. The number of nitrogens with one attached hydrogen (secondary N) is 2. The van der Waals surface area contributed by atoms with Crippen LogP contribution in [0, 0.1) is 5.92 Å². The number of benzene rings is 1. The molecule has 0 fully saturated rings. The molecule has 0 aliphatic carbocycles. The lowest BCUT2D eigenvalue weighted by atomic mass is 10.2. The first kappa shape index (κ1) is 20.5. The van der Waals surface area contributed by atoms with E-state index >= 15 is 0 Å². The minimum atomic E-state index is -0.447. The Morgan fingerprint density at radius 2 is 1.88 bits per heavy atom. The van der Waals surface area contributed by atoms with E-state index in [-0.39, 0.29) is 6.09 Å². The molecule has 0 radical (unpaired) electrons. The van der Waals surface area contributed by atoms with Crippen LogP contribution in [-0.2, 0) is 16.1 Å². The molecule has 0 saturated heterocycles. The Bertz CT molecular complexity index is 457. The summed E-state index contributed by atoms with van der Waals surface area (Å²) >= 11 is 0. The van der Waals surface area contributed by atoms with Crippen LogP contribution in [0.2, 0.25) is 0 Å². The Kier molecular flexibility index (Phi) is 9.42. The van der Waals surface area contributed by atoms with Crippen molar-refractivity contribution in [2.24, 2.45) is 5.92 Å². The van der Waals surface area contributed by atoms with Crippen LogP contribution in [-0.4, -0.2) is 37.9 Å². The van der Waals surface area contributed by atoms with Crippen LogP contribution < -0.4 is 10.6 Å². The number of hydrogen-bond acceptors (Lipinski definition) is 4. The molecule has 136 valence electrons. The lowest BCUT2D eigenvalue weighted by Crippen LogP contribution is -2.34. The van der Waals surface area contributed by atoms with E-state index in [0.29, 0.717) is 19.1 Å². The lowest BCUT2D eigenvalue weighted by molar-refractivity contribution is 0.0527. The summed E-state index contributed by atoms with van der Waals surface area (Å²) in [7, 11) is 0. The molecule has 1 amide bonds. The SMILES string of the molecule is CC(CNCCCNC(=O)OC(C)(C)C)COCc1ccccc1. The highest BCUT2D eigenvalue weighted by molar-refractivity contribution is 5.67. The smallest absolute Gasteiger partial charge is 0.407 e. The van der Waals surface area contributed by atoms with Crippen molar-refractivity contribution in [3.63, 3.8) is 0 Å². The minimum absolute atomic E-state index is 0.356. The fourth-order valence-corrected chi connectivity index (χ4v) is 2.08. The molecule has 1 rings (SSSR count). The van der Waals surface area contributed by atoms with Crippen molar-refractivity contribution < 1.29 is 14.3 Å². The maximum absolute atomic E-state index is 11.5. The summed E-state index contributed by atoms with van der Waals surface area (Å²) in [5.74, 6) is 0.451. The molecule has 0 aliphatic rings. The molecule has 0 heterocycles. The molecule has 1 unspecified atom stereocenters. The van der Waals surface area contributed by atoms with Crippen LogP contribution in [0.15, 0.2) is 30.3 Å². The van der Waals surface area contributed by atoms with Crippen LogP contribution in [0.5, 0.6) is 0 Å². The Morgan fingerprint density at radius 1 is 1.17 bits per heavy atom. The van der Waals surface area contributed by atoms with E-state index in [1.807, 2.05) is 39.0 Å². The van der Waals surface area contributed by atoms with Gasteiger partial charge in [-0.25, -0.2) is 4.79 Å². The number of hydrogen-bond donors (Lipinski definition) is 2. The first-order valence-corrected chi connectivity index (χ1v) is 8.66. The number of carbonyl (C=O) groups excluding carboxylic acids is 1. The summed E-state index contributed by atoms with van der Waals surface area (Å²) < 4.78 is 10.9. The highest BCUT2D eigenvalue weighted by atomic mass is 16.6. The van der Waals surface area contributed by atoms with E-state index in [4.69, 9.17) is 9.47 Å². The van der Waals surface area contributed by atoms with Gasteiger partial charge >= 0.3 is 6.09 Å². The van der Waals surface area contributed by atoms with E-state index in [9.17, 15) is 4.79 Å². The lowest BCUT2D eigenvalue weighted by Gasteiger charge is -2.19. The molecule has 1 aromatic rings. The van der Waals surface area contributed by atoms with Crippen LogP contribution in [0.1, 0.15) is 39.7 Å². The first-order chi connectivity index (χ1) is 11.4. The van der Waals surface area contributed by atoms with E-state index < -0.39 is 5.60 Å². The van der Waals surface area contributed by atoms with Crippen LogP contribution in [0.4, 0.5) is 4.79 Å². The fourth-order valence-electron chi connectivity index (χ4n) is 2.08. The fraction of sp³-hybridized carbons (Fsp3) is 0.632. The minimum Gasteiger partial charge on any atom is -0.444 e. The second-order valence-electron chi connectivity index (χ2n) is 7.09. The molecule has 0 aromatic heterocycles. The predicted octanol–water partition coefficient (Wildman–Crippen LogP) is 3.34. The van der Waals surface area contributed by atoms with Gasteiger partial charge in [0.25, 0.3) is 0 Å². The van der Waals surface area contributed by atoms with E-state index in [1.54, 1.807) is 0 Å². The van der Waals surface area contributed by atoms with Crippen molar-refractivity contribution in [2.75, 3.05) is 26.2 Å². The molecule has 0 aliphatic heterocycles. The molecular formula is C19H32N2O3. The molecule has 0 saturated carbocycles. The molecule has 1 atom stereocenters. The van der Waals surface area contributed by atoms with Gasteiger partial charge in [-0.2, -0.15) is 0 Å². The molecule has 1 aromatic carbocycles. The van der Waals surface area contributed by atoms with Gasteiger partial charge in [0.2, 0.25) is 0 Å². The molecule has 0 spiro atoms. The molecule has 2 N–H and O–H groups in total. The highest BCUT2D eigenvalue weighted by Gasteiger charge is 2.15. The summed E-state index contributed by atoms with van der Waals surface area (Å²) in [6.45, 7) is 11.5. The summed E-state index contributed by atoms with van der Waals surface area (Å²) in [6.07, 6.45) is 0.516. The Hall–Kier alpha value is -1.59. The zero-order valence-corrected chi connectivity index (χ0v) is 15.4. The Morgan fingerprint density at radius 3 is 2.54 bits per heavy atom. The third-order valence-corrected chi connectivity index (χ3v) is 3.21. The van der Waals surface area contributed by atoms with Gasteiger partial charge in [-0.05, 0) is 51.8 Å². The second kappa shape index (κ2) is 11.0. The zero-order chi connectivity index (χ0) is 17.8. The quantitative estimate of drug-likeness (QED) is 0.643. The molecule has 24 heavy (non-hydrogen) atoms. The third-order valence-electron chi connectivity index (χ3n) is 3.21. The van der Waals surface area contributed by atoms with Crippen molar-refractivity contribution in [1.29, 1.82) is 0 Å². The normalized spacial score (nSPS) is 12.7. The highest BCUT2D eigenvalue weighted by Crippen LogP contribution is 2.06. The summed E-state index contributed by atoms with van der Waals surface area (Å²) in [5.41, 5.74) is 0.753. The van der Waals surface area contributed by atoms with Gasteiger partial charge in [0.1, 0.15) is 5.60 Å².